The molecule has 0 radical (unpaired) electrons. The van der Waals surface area contributed by atoms with Gasteiger partial charge in [0.2, 0.25) is 0 Å². The number of nitrogens with zero attached hydrogens (tertiary/aromatic N) is 3. The van der Waals surface area contributed by atoms with E-state index >= 15 is 0 Å². The summed E-state index contributed by atoms with van der Waals surface area (Å²) < 4.78 is 2.35. The van der Waals surface area contributed by atoms with E-state index < -0.39 is 5.41 Å². The predicted octanol–water partition coefficient (Wildman–Crippen LogP) is 12.8. The number of hydrogen-bond donors (Lipinski definition) is 0. The molecule has 0 spiro atoms. The summed E-state index contributed by atoms with van der Waals surface area (Å²) in [7, 11) is 0. The zero-order chi connectivity index (χ0) is 36.9. The van der Waals surface area contributed by atoms with Gasteiger partial charge in [0.15, 0.2) is 0 Å². The van der Waals surface area contributed by atoms with Gasteiger partial charge < -0.3 is 0 Å². The Kier molecular flexibility index (Phi) is 7.74. The van der Waals surface area contributed by atoms with Gasteiger partial charge >= 0.3 is 0 Å². The summed E-state index contributed by atoms with van der Waals surface area (Å²) in [5, 5.41) is 3.53. The fourth-order valence-electron chi connectivity index (χ4n) is 8.69. The molecular weight excluding hydrogens is 667 g/mol. The Morgan fingerprint density at radius 3 is 1.96 bits per heavy atom. The van der Waals surface area contributed by atoms with Crippen LogP contribution in [0.2, 0.25) is 0 Å². The molecule has 260 valence electrons. The van der Waals surface area contributed by atoms with Gasteiger partial charge in [-0.15, -0.1) is 0 Å². The van der Waals surface area contributed by atoms with Crippen LogP contribution < -0.4 is 0 Å². The fourth-order valence-corrected chi connectivity index (χ4v) is 8.69. The zero-order valence-corrected chi connectivity index (χ0v) is 30.5. The highest BCUT2D eigenvalue weighted by Crippen LogP contribution is 2.53. The molecule has 10 rings (SSSR count). The van der Waals surface area contributed by atoms with Crippen molar-refractivity contribution in [3.63, 3.8) is 0 Å². The molecule has 1 aliphatic heterocycles. The molecule has 0 saturated carbocycles. The molecule has 3 heterocycles. The third kappa shape index (κ3) is 5.12. The van der Waals surface area contributed by atoms with Crippen LogP contribution in [-0.2, 0) is 5.41 Å². The van der Waals surface area contributed by atoms with Crippen molar-refractivity contribution in [2.24, 2.45) is 0 Å². The van der Waals surface area contributed by atoms with Crippen LogP contribution in [0.5, 0.6) is 0 Å². The van der Waals surface area contributed by atoms with Crippen molar-refractivity contribution in [2.75, 3.05) is 0 Å². The van der Waals surface area contributed by atoms with Crippen molar-refractivity contribution in [3.8, 4) is 17.1 Å². The molecule has 0 unspecified atom stereocenters. The third-order valence-electron chi connectivity index (χ3n) is 11.2. The lowest BCUT2D eigenvalue weighted by Gasteiger charge is -2.38. The highest BCUT2D eigenvalue weighted by Gasteiger charge is 2.44. The first-order chi connectivity index (χ1) is 27.1. The molecule has 9 aromatic rings. The van der Waals surface area contributed by atoms with Gasteiger partial charge in [0, 0.05) is 16.3 Å². The van der Waals surface area contributed by atoms with E-state index in [1.54, 1.807) is 0 Å². The summed E-state index contributed by atoms with van der Waals surface area (Å²) in [5.41, 5.74) is 13.4. The summed E-state index contributed by atoms with van der Waals surface area (Å²) in [6.45, 7) is 6.77. The van der Waals surface area contributed by atoms with Crippen LogP contribution in [0.1, 0.15) is 40.4 Å². The quantitative estimate of drug-likeness (QED) is 0.127. The normalized spacial score (nSPS) is 13.4. The lowest BCUT2D eigenvalue weighted by atomic mass is 9.63. The molecule has 0 bridgehead atoms. The van der Waals surface area contributed by atoms with Gasteiger partial charge in [0.25, 0.3) is 0 Å². The van der Waals surface area contributed by atoms with Gasteiger partial charge in [0.1, 0.15) is 5.82 Å². The largest absolute Gasteiger partial charge is 0.292 e. The van der Waals surface area contributed by atoms with E-state index in [9.17, 15) is 0 Å². The van der Waals surface area contributed by atoms with Crippen LogP contribution in [0.3, 0.4) is 0 Å². The predicted molar refractivity (Wildman–Crippen MR) is 229 cm³/mol. The van der Waals surface area contributed by atoms with Crippen molar-refractivity contribution in [1.29, 1.82) is 0 Å². The molecule has 3 heteroatoms. The van der Waals surface area contributed by atoms with Crippen molar-refractivity contribution in [3.05, 3.63) is 234 Å². The topological polar surface area (TPSA) is 30.7 Å². The molecule has 0 aliphatic carbocycles. The van der Waals surface area contributed by atoms with E-state index in [0.29, 0.717) is 0 Å². The molecule has 0 atom stereocenters. The second-order valence-electron chi connectivity index (χ2n) is 14.3. The summed E-state index contributed by atoms with van der Waals surface area (Å²) in [6, 6.07) is 62.8. The van der Waals surface area contributed by atoms with Gasteiger partial charge in [-0.1, -0.05) is 170 Å². The molecule has 0 fully saturated rings. The first-order valence-electron chi connectivity index (χ1n) is 18.8. The molecular formula is C52H37N3. The maximum atomic E-state index is 5.30. The molecule has 2 aromatic heterocycles. The van der Waals surface area contributed by atoms with Crippen molar-refractivity contribution in [2.45, 2.75) is 12.3 Å². The minimum Gasteiger partial charge on any atom is -0.292 e. The second kappa shape index (κ2) is 13.1. The average Bonchev–Trinajstić information content (AvgIpc) is 3.59. The van der Waals surface area contributed by atoms with E-state index in [2.05, 4.69) is 212 Å². The van der Waals surface area contributed by atoms with Crippen LogP contribution >= 0.6 is 0 Å². The monoisotopic (exact) mass is 703 g/mol. The Morgan fingerprint density at radius 2 is 1.20 bits per heavy atom. The number of hydrogen-bond acceptors (Lipinski definition) is 2. The molecule has 7 aromatic carbocycles. The fraction of sp³-hybridized carbons (Fsp3) is 0.0385. The maximum Gasteiger partial charge on any atom is 0.146 e. The van der Waals surface area contributed by atoms with Crippen molar-refractivity contribution in [1.82, 2.24) is 14.5 Å². The van der Waals surface area contributed by atoms with Crippen LogP contribution in [0.25, 0.3) is 60.9 Å². The second-order valence-corrected chi connectivity index (χ2v) is 14.3. The number of para-hydroxylation sites is 3. The van der Waals surface area contributed by atoms with E-state index in [4.69, 9.17) is 9.97 Å². The number of fused-ring (bicyclic) bond motifs is 10. The number of rotatable bonds is 6. The van der Waals surface area contributed by atoms with Crippen LogP contribution in [0.15, 0.2) is 201 Å². The standard InChI is InChI=1S/C52H37N3/c1-35(18-17-19-36(2)50-42-26-10-9-24-40(42)41-25-12-14-29-46(41)53-50)37-32-33-48-45(34-37)52(38-20-5-3-6-21-38,39-22-7-4-8-23-39)44-28-13-11-27-43(44)51-54-47-30-15-16-31-49(47)55(48)51/h3-34H,1H2,2H3/b18-17-,36-19+. The minimum atomic E-state index is -0.657. The lowest BCUT2D eigenvalue weighted by Crippen LogP contribution is -2.32. The average molecular weight is 704 g/mol. The SMILES string of the molecule is C=C(/C=C\C=C(/C)c1nc2ccccc2c2ccccc12)c1ccc2c(c1)C(c1ccccc1)(c1ccccc1)c1ccccc1-c1nc3ccccc3n1-2. The zero-order valence-electron chi connectivity index (χ0n) is 30.5. The van der Waals surface area contributed by atoms with Crippen LogP contribution in [0, 0.1) is 0 Å². The van der Waals surface area contributed by atoms with Gasteiger partial charge in [-0.25, -0.2) is 9.97 Å². The molecule has 0 amide bonds. The van der Waals surface area contributed by atoms with Gasteiger partial charge in [0.05, 0.1) is 33.3 Å². The Labute approximate surface area is 320 Å². The molecule has 0 saturated heterocycles. The number of benzene rings is 7. The van der Waals surface area contributed by atoms with E-state index in [-0.39, 0.29) is 0 Å². The highest BCUT2D eigenvalue weighted by molar-refractivity contribution is 6.09. The maximum absolute atomic E-state index is 5.30. The summed E-state index contributed by atoms with van der Waals surface area (Å²) in [6.07, 6.45) is 6.37. The molecule has 3 nitrogen and oxygen atoms in total. The van der Waals surface area contributed by atoms with Crippen LogP contribution in [0.4, 0.5) is 0 Å². The molecule has 1 aliphatic rings. The summed E-state index contributed by atoms with van der Waals surface area (Å²) in [4.78, 5) is 10.4. The number of aromatic nitrogens is 3. The van der Waals surface area contributed by atoms with Crippen molar-refractivity contribution < 1.29 is 0 Å². The summed E-state index contributed by atoms with van der Waals surface area (Å²) >= 11 is 0. The molecule has 55 heavy (non-hydrogen) atoms. The van der Waals surface area contributed by atoms with Gasteiger partial charge in [-0.05, 0) is 81.6 Å². The Hall–Kier alpha value is -7.10. The Bertz CT molecular complexity index is 2960. The number of pyridine rings is 1. The van der Waals surface area contributed by atoms with E-state index in [0.717, 1.165) is 61.4 Å². The lowest BCUT2D eigenvalue weighted by molar-refractivity contribution is 0.746. The van der Waals surface area contributed by atoms with Gasteiger partial charge in [-0.2, -0.15) is 0 Å². The first kappa shape index (κ1) is 32.5. The van der Waals surface area contributed by atoms with Crippen LogP contribution in [-0.4, -0.2) is 14.5 Å². The Morgan fingerprint density at radius 1 is 0.582 bits per heavy atom. The number of imidazole rings is 1. The first-order valence-corrected chi connectivity index (χ1v) is 18.8. The minimum absolute atomic E-state index is 0.657. The van der Waals surface area contributed by atoms with E-state index in [1.165, 1.54) is 33.0 Å². The summed E-state index contributed by atoms with van der Waals surface area (Å²) in [5.74, 6) is 0.939. The van der Waals surface area contributed by atoms with E-state index in [1.807, 2.05) is 0 Å². The van der Waals surface area contributed by atoms with Crippen molar-refractivity contribution >= 4 is 43.9 Å². The number of allylic oxidation sites excluding steroid dienone is 5. The van der Waals surface area contributed by atoms with Gasteiger partial charge in [-0.3, -0.25) is 4.57 Å². The smallest absolute Gasteiger partial charge is 0.146 e. The Balaban J connectivity index is 1.17. The highest BCUT2D eigenvalue weighted by atomic mass is 15.1. The third-order valence-corrected chi connectivity index (χ3v) is 11.2. The molecule has 0 N–H and O–H groups in total.